The molecule has 2 heterocycles. The number of pyridine rings is 1. The van der Waals surface area contributed by atoms with Crippen LogP contribution in [0.15, 0.2) is 18.5 Å². The molecule has 0 amide bonds. The summed E-state index contributed by atoms with van der Waals surface area (Å²) < 4.78 is 0. The Balaban J connectivity index is 2.64. The van der Waals surface area contributed by atoms with Gasteiger partial charge in [0, 0.05) is 6.20 Å². The standard InChI is InChI=1S/C11H9N3O2/c1-2-7-3-4-12-11-10(7)13-5-8(14-11)9(16)6-15/h3-6H,2H2,1H3. The van der Waals surface area contributed by atoms with Gasteiger partial charge in [0.25, 0.3) is 0 Å². The molecule has 0 spiro atoms. The number of carbonyl (C=O) groups is 2. The summed E-state index contributed by atoms with van der Waals surface area (Å²) in [5.74, 6) is -0.682. The lowest BCUT2D eigenvalue weighted by Gasteiger charge is -2.02. The molecule has 0 aromatic carbocycles. The van der Waals surface area contributed by atoms with Crippen LogP contribution in [-0.2, 0) is 11.2 Å². The minimum atomic E-state index is -0.682. The first-order chi connectivity index (χ1) is 7.76. The Labute approximate surface area is 91.6 Å². The van der Waals surface area contributed by atoms with E-state index in [2.05, 4.69) is 15.0 Å². The maximum Gasteiger partial charge on any atom is 0.245 e. The van der Waals surface area contributed by atoms with Gasteiger partial charge in [-0.05, 0) is 18.1 Å². The van der Waals surface area contributed by atoms with Crippen molar-refractivity contribution < 1.29 is 9.59 Å². The first-order valence-corrected chi connectivity index (χ1v) is 4.86. The van der Waals surface area contributed by atoms with Gasteiger partial charge in [0.1, 0.15) is 11.2 Å². The van der Waals surface area contributed by atoms with Crippen LogP contribution in [0.25, 0.3) is 11.2 Å². The van der Waals surface area contributed by atoms with Crippen LogP contribution in [0.2, 0.25) is 0 Å². The fourth-order valence-electron chi connectivity index (χ4n) is 1.44. The van der Waals surface area contributed by atoms with Gasteiger partial charge in [-0.15, -0.1) is 0 Å². The Morgan fingerprint density at radius 3 is 2.94 bits per heavy atom. The van der Waals surface area contributed by atoms with Crippen molar-refractivity contribution in [3.8, 4) is 0 Å². The molecule has 2 aromatic rings. The Bertz CT molecular complexity index is 566. The average Bonchev–Trinajstić information content (AvgIpc) is 2.36. The van der Waals surface area contributed by atoms with E-state index < -0.39 is 5.78 Å². The quantitative estimate of drug-likeness (QED) is 0.433. The fraction of sp³-hybridized carbons (Fsp3) is 0.182. The van der Waals surface area contributed by atoms with Crippen molar-refractivity contribution in [3.63, 3.8) is 0 Å². The molecule has 0 radical (unpaired) electrons. The maximum atomic E-state index is 11.1. The molecule has 0 N–H and O–H groups in total. The lowest BCUT2D eigenvalue weighted by atomic mass is 10.2. The molecule has 0 aliphatic rings. The zero-order valence-electron chi connectivity index (χ0n) is 8.67. The number of ketones is 1. The topological polar surface area (TPSA) is 72.8 Å². The Kier molecular flexibility index (Phi) is 2.68. The third-order valence-electron chi connectivity index (χ3n) is 2.27. The summed E-state index contributed by atoms with van der Waals surface area (Å²) >= 11 is 0. The lowest BCUT2D eigenvalue weighted by Crippen LogP contribution is -2.05. The molecule has 0 atom stereocenters. The van der Waals surface area contributed by atoms with Crippen molar-refractivity contribution in [2.24, 2.45) is 0 Å². The minimum Gasteiger partial charge on any atom is -0.294 e. The van der Waals surface area contributed by atoms with E-state index in [1.807, 2.05) is 13.0 Å². The second kappa shape index (κ2) is 4.14. The molecule has 0 fully saturated rings. The number of aromatic nitrogens is 3. The van der Waals surface area contributed by atoms with E-state index in [0.717, 1.165) is 12.0 Å². The van der Waals surface area contributed by atoms with Crippen LogP contribution in [0.3, 0.4) is 0 Å². The van der Waals surface area contributed by atoms with Gasteiger partial charge in [-0.2, -0.15) is 0 Å². The van der Waals surface area contributed by atoms with Gasteiger partial charge in [-0.25, -0.2) is 9.97 Å². The zero-order valence-corrected chi connectivity index (χ0v) is 8.67. The predicted octanol–water partition coefficient (Wildman–Crippen LogP) is 0.969. The first-order valence-electron chi connectivity index (χ1n) is 4.86. The highest BCUT2D eigenvalue weighted by Crippen LogP contribution is 2.12. The number of rotatable bonds is 3. The summed E-state index contributed by atoms with van der Waals surface area (Å²) in [6.45, 7) is 2.00. The molecule has 16 heavy (non-hydrogen) atoms. The zero-order chi connectivity index (χ0) is 11.5. The van der Waals surface area contributed by atoms with E-state index in [9.17, 15) is 9.59 Å². The predicted molar refractivity (Wildman–Crippen MR) is 57.1 cm³/mol. The molecule has 2 aromatic heterocycles. The van der Waals surface area contributed by atoms with Crippen molar-refractivity contribution in [2.75, 3.05) is 0 Å². The maximum absolute atomic E-state index is 11.1. The number of nitrogens with zero attached hydrogens (tertiary/aromatic N) is 3. The van der Waals surface area contributed by atoms with Crippen molar-refractivity contribution in [1.29, 1.82) is 0 Å². The van der Waals surface area contributed by atoms with Crippen LogP contribution < -0.4 is 0 Å². The summed E-state index contributed by atoms with van der Waals surface area (Å²) in [4.78, 5) is 33.6. The van der Waals surface area contributed by atoms with Gasteiger partial charge in [0.15, 0.2) is 11.9 Å². The molecular weight excluding hydrogens is 206 g/mol. The van der Waals surface area contributed by atoms with Crippen LogP contribution >= 0.6 is 0 Å². The third-order valence-corrected chi connectivity index (χ3v) is 2.27. The van der Waals surface area contributed by atoms with Crippen LogP contribution in [0.1, 0.15) is 23.0 Å². The molecule has 5 nitrogen and oxygen atoms in total. The van der Waals surface area contributed by atoms with Gasteiger partial charge in [-0.1, -0.05) is 6.92 Å². The Morgan fingerprint density at radius 1 is 1.44 bits per heavy atom. The molecule has 0 unspecified atom stereocenters. The highest BCUT2D eigenvalue weighted by Gasteiger charge is 2.09. The van der Waals surface area contributed by atoms with Gasteiger partial charge < -0.3 is 0 Å². The highest BCUT2D eigenvalue weighted by molar-refractivity contribution is 6.32. The molecule has 2 rings (SSSR count). The number of hydrogen-bond donors (Lipinski definition) is 0. The minimum absolute atomic E-state index is 0.0308. The largest absolute Gasteiger partial charge is 0.294 e. The van der Waals surface area contributed by atoms with Crippen molar-refractivity contribution in [3.05, 3.63) is 29.7 Å². The van der Waals surface area contributed by atoms with Gasteiger partial charge in [-0.3, -0.25) is 14.6 Å². The number of Topliss-reactive ketones (excluding diaryl/α,β-unsaturated/α-hetero) is 1. The molecule has 0 bridgehead atoms. The van der Waals surface area contributed by atoms with E-state index in [0.29, 0.717) is 11.2 Å². The number of aldehydes is 1. The molecule has 80 valence electrons. The van der Waals surface area contributed by atoms with E-state index in [1.165, 1.54) is 6.20 Å². The second-order valence-corrected chi connectivity index (χ2v) is 3.23. The summed E-state index contributed by atoms with van der Waals surface area (Å²) in [5, 5.41) is 0. The normalized spacial score (nSPS) is 10.3. The number of fused-ring (bicyclic) bond motifs is 1. The number of aryl methyl sites for hydroxylation is 1. The van der Waals surface area contributed by atoms with Crippen LogP contribution in [0.5, 0.6) is 0 Å². The lowest BCUT2D eigenvalue weighted by molar-refractivity contribution is -0.104. The van der Waals surface area contributed by atoms with Crippen molar-refractivity contribution in [1.82, 2.24) is 15.0 Å². The summed E-state index contributed by atoms with van der Waals surface area (Å²) in [5.41, 5.74) is 2.12. The van der Waals surface area contributed by atoms with Gasteiger partial charge in [0.2, 0.25) is 5.78 Å². The van der Waals surface area contributed by atoms with Crippen LogP contribution in [0.4, 0.5) is 0 Å². The monoisotopic (exact) mass is 215 g/mol. The number of carbonyl (C=O) groups excluding carboxylic acids is 2. The fourth-order valence-corrected chi connectivity index (χ4v) is 1.44. The number of hydrogen-bond acceptors (Lipinski definition) is 5. The summed E-state index contributed by atoms with van der Waals surface area (Å²) in [6.07, 6.45) is 3.96. The molecule has 5 heteroatoms. The van der Waals surface area contributed by atoms with E-state index in [-0.39, 0.29) is 12.0 Å². The molecule has 0 saturated carbocycles. The molecular formula is C11H9N3O2. The highest BCUT2D eigenvalue weighted by atomic mass is 16.2. The van der Waals surface area contributed by atoms with Gasteiger partial charge in [0.05, 0.1) is 6.20 Å². The van der Waals surface area contributed by atoms with E-state index >= 15 is 0 Å². The molecule has 0 aliphatic carbocycles. The average molecular weight is 215 g/mol. The summed E-state index contributed by atoms with van der Waals surface area (Å²) in [6, 6.07) is 1.86. The van der Waals surface area contributed by atoms with E-state index in [4.69, 9.17) is 0 Å². The molecule has 0 saturated heterocycles. The van der Waals surface area contributed by atoms with E-state index in [1.54, 1.807) is 6.20 Å². The summed E-state index contributed by atoms with van der Waals surface area (Å²) in [7, 11) is 0. The Hall–Kier alpha value is -2.17. The smallest absolute Gasteiger partial charge is 0.245 e. The third kappa shape index (κ3) is 1.67. The van der Waals surface area contributed by atoms with Crippen molar-refractivity contribution >= 4 is 23.2 Å². The van der Waals surface area contributed by atoms with Gasteiger partial charge >= 0.3 is 0 Å². The van der Waals surface area contributed by atoms with Crippen LogP contribution in [-0.4, -0.2) is 27.0 Å². The molecule has 0 aliphatic heterocycles. The van der Waals surface area contributed by atoms with Crippen molar-refractivity contribution in [2.45, 2.75) is 13.3 Å². The Morgan fingerprint density at radius 2 is 2.25 bits per heavy atom. The SMILES string of the molecule is CCc1ccnc2nc(C(=O)C=O)cnc12. The second-order valence-electron chi connectivity index (χ2n) is 3.23. The van der Waals surface area contributed by atoms with Crippen LogP contribution in [0, 0.1) is 0 Å². The first kappa shape index (κ1) is 10.4.